The molecule has 0 atom stereocenters. The maximum atomic E-state index is 6.34. The minimum absolute atomic E-state index is 0.734. The zero-order chi connectivity index (χ0) is 17.4. The van der Waals surface area contributed by atoms with Gasteiger partial charge in [-0.1, -0.05) is 41.4 Å². The molecular formula is C20H19Cl2N3. The van der Waals surface area contributed by atoms with Crippen LogP contribution in [0.5, 0.6) is 0 Å². The number of nitrogens with zero attached hydrogens (tertiary/aromatic N) is 2. The first-order valence-corrected chi connectivity index (χ1v) is 9.28. The predicted molar refractivity (Wildman–Crippen MR) is 105 cm³/mol. The first kappa shape index (κ1) is 16.5. The lowest BCUT2D eigenvalue weighted by molar-refractivity contribution is 0.779. The number of hydrogen-bond acceptors (Lipinski definition) is 2. The molecule has 128 valence electrons. The molecule has 1 N–H and O–H groups in total. The lowest BCUT2D eigenvalue weighted by Gasteiger charge is -2.12. The fourth-order valence-electron chi connectivity index (χ4n) is 3.34. The number of halogens is 2. The molecule has 0 fully saturated rings. The molecule has 0 radical (unpaired) electrons. The molecule has 1 aliphatic heterocycles. The highest BCUT2D eigenvalue weighted by Gasteiger charge is 2.22. The molecule has 25 heavy (non-hydrogen) atoms. The highest BCUT2D eigenvalue weighted by molar-refractivity contribution is 6.31. The topological polar surface area (TPSA) is 29.9 Å². The van der Waals surface area contributed by atoms with Crippen molar-refractivity contribution in [2.24, 2.45) is 0 Å². The van der Waals surface area contributed by atoms with Gasteiger partial charge in [0.1, 0.15) is 5.82 Å². The molecule has 0 amide bonds. The smallest absolute Gasteiger partial charge is 0.133 e. The molecular weight excluding hydrogens is 353 g/mol. The fraction of sp³-hybridized carbons (Fsp3) is 0.250. The normalized spacial score (nSPS) is 13.9. The Morgan fingerprint density at radius 2 is 1.84 bits per heavy atom. The molecule has 0 saturated heterocycles. The van der Waals surface area contributed by atoms with Crippen molar-refractivity contribution >= 4 is 29.0 Å². The molecule has 0 bridgehead atoms. The Kier molecular flexibility index (Phi) is 4.45. The van der Waals surface area contributed by atoms with Gasteiger partial charge in [-0.15, -0.1) is 0 Å². The van der Waals surface area contributed by atoms with Crippen molar-refractivity contribution in [1.82, 2.24) is 9.78 Å². The average molecular weight is 372 g/mol. The van der Waals surface area contributed by atoms with Gasteiger partial charge < -0.3 is 5.32 Å². The number of benzene rings is 2. The number of rotatable bonds is 2. The van der Waals surface area contributed by atoms with Gasteiger partial charge in [-0.2, -0.15) is 5.10 Å². The number of aromatic nitrogens is 2. The molecule has 0 spiro atoms. The van der Waals surface area contributed by atoms with E-state index < -0.39 is 0 Å². The second-order valence-electron chi connectivity index (χ2n) is 6.36. The van der Waals surface area contributed by atoms with E-state index in [9.17, 15) is 0 Å². The second kappa shape index (κ2) is 6.74. The van der Waals surface area contributed by atoms with Gasteiger partial charge in [-0.25, -0.2) is 4.68 Å². The maximum absolute atomic E-state index is 6.34. The van der Waals surface area contributed by atoms with Crippen molar-refractivity contribution in [3.63, 3.8) is 0 Å². The van der Waals surface area contributed by atoms with E-state index in [0.717, 1.165) is 64.2 Å². The van der Waals surface area contributed by atoms with Crippen molar-refractivity contribution in [1.29, 1.82) is 0 Å². The molecule has 3 nitrogen and oxygen atoms in total. The van der Waals surface area contributed by atoms with Crippen LogP contribution in [0.1, 0.15) is 24.0 Å². The summed E-state index contributed by atoms with van der Waals surface area (Å²) in [5.41, 5.74) is 5.41. The van der Waals surface area contributed by atoms with Crippen LogP contribution in [0.25, 0.3) is 16.9 Å². The maximum Gasteiger partial charge on any atom is 0.133 e. The quantitative estimate of drug-likeness (QED) is 0.607. The van der Waals surface area contributed by atoms with Gasteiger partial charge in [-0.05, 0) is 56.0 Å². The van der Waals surface area contributed by atoms with Gasteiger partial charge in [0.25, 0.3) is 0 Å². The molecule has 5 heteroatoms. The summed E-state index contributed by atoms with van der Waals surface area (Å²) in [7, 11) is 0. The molecule has 3 aromatic rings. The molecule has 0 aliphatic carbocycles. The molecule has 2 aromatic carbocycles. The zero-order valence-corrected chi connectivity index (χ0v) is 15.5. The van der Waals surface area contributed by atoms with Gasteiger partial charge in [-0.3, -0.25) is 0 Å². The molecule has 2 heterocycles. The van der Waals surface area contributed by atoms with E-state index in [0.29, 0.717) is 0 Å². The standard InChI is InChI=1S/C20H19Cl2N3/c1-13-17(22)6-4-7-18(13)25-20-16(5-2-3-12-23-20)19(24-25)14-8-10-15(21)11-9-14/h4,6-11,23H,2-3,5,12H2,1H3. The second-order valence-corrected chi connectivity index (χ2v) is 7.21. The van der Waals surface area contributed by atoms with E-state index in [1.54, 1.807) is 0 Å². The van der Waals surface area contributed by atoms with E-state index in [1.165, 1.54) is 5.56 Å². The molecule has 4 rings (SSSR count). The summed E-state index contributed by atoms with van der Waals surface area (Å²) in [4.78, 5) is 0. The van der Waals surface area contributed by atoms with Crippen LogP contribution in [0.3, 0.4) is 0 Å². The third kappa shape index (κ3) is 3.03. The monoisotopic (exact) mass is 371 g/mol. The minimum Gasteiger partial charge on any atom is -0.370 e. The van der Waals surface area contributed by atoms with Gasteiger partial charge in [0.15, 0.2) is 0 Å². The minimum atomic E-state index is 0.734. The van der Waals surface area contributed by atoms with Crippen molar-refractivity contribution < 1.29 is 0 Å². The van der Waals surface area contributed by atoms with E-state index in [-0.39, 0.29) is 0 Å². The van der Waals surface area contributed by atoms with Crippen molar-refractivity contribution in [2.45, 2.75) is 26.2 Å². The van der Waals surface area contributed by atoms with E-state index >= 15 is 0 Å². The summed E-state index contributed by atoms with van der Waals surface area (Å²) in [6.07, 6.45) is 3.32. The SMILES string of the molecule is Cc1c(Cl)cccc1-n1nc(-c2ccc(Cl)cc2)c2c1NCCCC2. The molecule has 0 unspecified atom stereocenters. The molecule has 1 aromatic heterocycles. The summed E-state index contributed by atoms with van der Waals surface area (Å²) in [5, 5.41) is 10.0. The Morgan fingerprint density at radius 1 is 1.04 bits per heavy atom. The first-order valence-electron chi connectivity index (χ1n) is 8.52. The summed E-state index contributed by atoms with van der Waals surface area (Å²) in [5.74, 6) is 1.08. The average Bonchev–Trinajstić information content (AvgIpc) is 2.80. The Labute approximate surface area is 157 Å². The van der Waals surface area contributed by atoms with Gasteiger partial charge in [0, 0.05) is 27.7 Å². The third-order valence-electron chi connectivity index (χ3n) is 4.71. The highest BCUT2D eigenvalue weighted by atomic mass is 35.5. The van der Waals surface area contributed by atoms with E-state index in [2.05, 4.69) is 11.4 Å². The van der Waals surface area contributed by atoms with Crippen LogP contribution in [0, 0.1) is 6.92 Å². The summed E-state index contributed by atoms with van der Waals surface area (Å²) in [6, 6.07) is 13.8. The molecule has 1 aliphatic rings. The van der Waals surface area contributed by atoms with Crippen LogP contribution in [-0.4, -0.2) is 16.3 Å². The Morgan fingerprint density at radius 3 is 2.64 bits per heavy atom. The fourth-order valence-corrected chi connectivity index (χ4v) is 3.64. The van der Waals surface area contributed by atoms with Crippen LogP contribution in [-0.2, 0) is 6.42 Å². The van der Waals surface area contributed by atoms with E-state index in [1.807, 2.05) is 48.0 Å². The Hall–Kier alpha value is -1.97. The highest BCUT2D eigenvalue weighted by Crippen LogP contribution is 2.35. The van der Waals surface area contributed by atoms with Crippen LogP contribution in [0.2, 0.25) is 10.0 Å². The number of nitrogens with one attached hydrogen (secondary N) is 1. The first-order chi connectivity index (χ1) is 12.1. The van der Waals surface area contributed by atoms with Gasteiger partial charge in [0.2, 0.25) is 0 Å². The summed E-state index contributed by atoms with van der Waals surface area (Å²) in [6.45, 7) is 2.99. The van der Waals surface area contributed by atoms with Crippen LogP contribution < -0.4 is 5.32 Å². The number of anilines is 1. The Balaban J connectivity index is 1.93. The summed E-state index contributed by atoms with van der Waals surface area (Å²) >= 11 is 12.4. The number of hydrogen-bond donors (Lipinski definition) is 1. The lowest BCUT2D eigenvalue weighted by atomic mass is 10.0. The van der Waals surface area contributed by atoms with Crippen LogP contribution >= 0.6 is 23.2 Å². The zero-order valence-electron chi connectivity index (χ0n) is 14.0. The van der Waals surface area contributed by atoms with E-state index in [4.69, 9.17) is 28.3 Å². The van der Waals surface area contributed by atoms with Crippen molar-refractivity contribution in [3.05, 3.63) is 63.6 Å². The lowest BCUT2D eigenvalue weighted by Crippen LogP contribution is -2.08. The summed E-state index contributed by atoms with van der Waals surface area (Å²) < 4.78 is 2.01. The van der Waals surface area contributed by atoms with Crippen molar-refractivity contribution in [3.8, 4) is 16.9 Å². The van der Waals surface area contributed by atoms with Gasteiger partial charge >= 0.3 is 0 Å². The third-order valence-corrected chi connectivity index (χ3v) is 5.38. The molecule has 0 saturated carbocycles. The number of fused-ring (bicyclic) bond motifs is 1. The van der Waals surface area contributed by atoms with Crippen LogP contribution in [0.15, 0.2) is 42.5 Å². The predicted octanol–water partition coefficient (Wildman–Crippen LogP) is 5.90. The van der Waals surface area contributed by atoms with Crippen molar-refractivity contribution in [2.75, 3.05) is 11.9 Å². The van der Waals surface area contributed by atoms with Crippen LogP contribution in [0.4, 0.5) is 5.82 Å². The largest absolute Gasteiger partial charge is 0.370 e. The Bertz CT molecular complexity index is 913. The van der Waals surface area contributed by atoms with Gasteiger partial charge in [0.05, 0.1) is 11.4 Å².